The van der Waals surface area contributed by atoms with Gasteiger partial charge < -0.3 is 21.1 Å². The van der Waals surface area contributed by atoms with E-state index >= 15 is 0 Å². The number of nitrogens with one attached hydrogen (secondary N) is 3. The number of benzene rings is 2. The molecule has 2 aromatic heterocycles. The number of amides is 3. The molecule has 0 saturated carbocycles. The molecule has 208 valence electrons. The molecule has 1 fully saturated rings. The van der Waals surface area contributed by atoms with Crippen LogP contribution in [0.25, 0.3) is 21.1 Å². The second-order valence-electron chi connectivity index (χ2n) is 9.30. The number of carbonyl (C=O) groups is 2. The Morgan fingerprint density at radius 1 is 1.15 bits per heavy atom. The molecule has 0 spiro atoms. The number of rotatable bonds is 9. The summed E-state index contributed by atoms with van der Waals surface area (Å²) in [6.45, 7) is 4.80. The lowest BCUT2D eigenvalue weighted by Crippen LogP contribution is -2.41. The van der Waals surface area contributed by atoms with Gasteiger partial charge >= 0.3 is 6.03 Å². The molecule has 4 aromatic rings. The van der Waals surface area contributed by atoms with Crippen molar-refractivity contribution < 1.29 is 14.3 Å². The fourth-order valence-corrected chi connectivity index (χ4v) is 6.48. The van der Waals surface area contributed by atoms with Crippen molar-refractivity contribution in [3.8, 4) is 26.9 Å². The average molecular weight is 578 g/mol. The van der Waals surface area contributed by atoms with E-state index in [1.807, 2.05) is 29.6 Å². The van der Waals surface area contributed by atoms with Gasteiger partial charge in [-0.1, -0.05) is 36.5 Å². The number of carbonyl (C=O) groups excluding carboxylic acids is 2. The molecular formula is C28H31N7O3S2. The van der Waals surface area contributed by atoms with Crippen LogP contribution in [0.1, 0.15) is 30.1 Å². The lowest BCUT2D eigenvalue weighted by Gasteiger charge is -2.22. The van der Waals surface area contributed by atoms with E-state index in [0.717, 1.165) is 37.2 Å². The van der Waals surface area contributed by atoms with E-state index in [1.165, 1.54) is 22.7 Å². The minimum absolute atomic E-state index is 0.234. The Labute approximate surface area is 240 Å². The molecule has 1 aliphatic rings. The van der Waals surface area contributed by atoms with Crippen LogP contribution in [-0.2, 0) is 0 Å². The van der Waals surface area contributed by atoms with Crippen LogP contribution in [0.5, 0.6) is 5.75 Å². The Kier molecular flexibility index (Phi) is 8.58. The van der Waals surface area contributed by atoms with Crippen molar-refractivity contribution in [1.82, 2.24) is 20.2 Å². The highest BCUT2D eigenvalue weighted by atomic mass is 32.1. The molecule has 10 nitrogen and oxygen atoms in total. The summed E-state index contributed by atoms with van der Waals surface area (Å²) in [6, 6.07) is 14.5. The third kappa shape index (κ3) is 6.41. The first-order chi connectivity index (χ1) is 19.4. The molecule has 40 heavy (non-hydrogen) atoms. The van der Waals surface area contributed by atoms with E-state index in [2.05, 4.69) is 32.8 Å². The molecule has 5 N–H and O–H groups in total. The van der Waals surface area contributed by atoms with Crippen molar-refractivity contribution in [2.75, 3.05) is 43.1 Å². The van der Waals surface area contributed by atoms with Gasteiger partial charge in [0.1, 0.15) is 21.5 Å². The number of nitrogens with two attached hydrogens (primary N) is 1. The lowest BCUT2D eigenvalue weighted by molar-refractivity contribution is 0.102. The monoisotopic (exact) mass is 577 g/mol. The quantitative estimate of drug-likeness (QED) is 0.210. The van der Waals surface area contributed by atoms with Crippen LogP contribution in [0.15, 0.2) is 53.9 Å². The van der Waals surface area contributed by atoms with Gasteiger partial charge in [-0.3, -0.25) is 15.0 Å². The average Bonchev–Trinajstić information content (AvgIpc) is 3.72. The Bertz CT molecular complexity index is 1500. The van der Waals surface area contributed by atoms with E-state index in [1.54, 1.807) is 31.4 Å². The van der Waals surface area contributed by atoms with Gasteiger partial charge in [0.05, 0.1) is 12.8 Å². The molecule has 0 radical (unpaired) electrons. The molecule has 3 amide bonds. The molecule has 1 saturated heterocycles. The summed E-state index contributed by atoms with van der Waals surface area (Å²) in [5.74, 6) is 0.695. The standard InChI is InChI=1S/C28H31N7O3S2/c1-3-35-12-6-10-20(35)15-30-27(37)34-28-33-24(29)23(40-28)26-32-22(16-39-26)17-7-4-9-19(13-17)31-25(36)18-8-5-11-21(14-18)38-2/h4-5,7-9,11,13-14,16,20H,3,6,10,12,15,29H2,1-2H3,(H,31,36)(H2,30,33,34,37). The summed E-state index contributed by atoms with van der Waals surface area (Å²) in [5, 5.41) is 11.7. The second-order valence-corrected chi connectivity index (χ2v) is 11.2. The number of urea groups is 1. The van der Waals surface area contributed by atoms with Gasteiger partial charge in [-0.05, 0) is 56.3 Å². The number of ether oxygens (including phenoxy) is 1. The summed E-state index contributed by atoms with van der Waals surface area (Å²) in [4.78, 5) is 37.4. The van der Waals surface area contributed by atoms with E-state index in [-0.39, 0.29) is 11.9 Å². The zero-order chi connectivity index (χ0) is 28.1. The number of hydrogen-bond donors (Lipinski definition) is 4. The first-order valence-electron chi connectivity index (χ1n) is 13.0. The predicted molar refractivity (Wildman–Crippen MR) is 161 cm³/mol. The fourth-order valence-electron chi connectivity index (χ4n) is 4.67. The lowest BCUT2D eigenvalue weighted by atomic mass is 10.1. The molecule has 1 atom stereocenters. The maximum absolute atomic E-state index is 12.7. The van der Waals surface area contributed by atoms with Crippen LogP contribution in [0, 0.1) is 0 Å². The van der Waals surface area contributed by atoms with Gasteiger partial charge in [0, 0.05) is 34.8 Å². The topological polar surface area (TPSA) is 134 Å². The highest BCUT2D eigenvalue weighted by molar-refractivity contribution is 7.23. The van der Waals surface area contributed by atoms with Crippen molar-refractivity contribution >= 4 is 51.2 Å². The van der Waals surface area contributed by atoms with Gasteiger partial charge in [0.25, 0.3) is 5.91 Å². The van der Waals surface area contributed by atoms with E-state index in [9.17, 15) is 9.59 Å². The molecule has 1 unspecified atom stereocenters. The minimum atomic E-state index is -0.295. The molecule has 0 aliphatic carbocycles. The number of aromatic nitrogens is 2. The minimum Gasteiger partial charge on any atom is -0.497 e. The molecule has 5 rings (SSSR count). The third-order valence-corrected chi connectivity index (χ3v) is 8.71. The summed E-state index contributed by atoms with van der Waals surface area (Å²) in [5.41, 5.74) is 8.93. The van der Waals surface area contributed by atoms with Crippen LogP contribution in [-0.4, -0.2) is 59.6 Å². The third-order valence-electron chi connectivity index (χ3n) is 6.72. The van der Waals surface area contributed by atoms with Crippen molar-refractivity contribution in [2.45, 2.75) is 25.8 Å². The molecule has 0 bridgehead atoms. The highest BCUT2D eigenvalue weighted by Crippen LogP contribution is 2.38. The predicted octanol–water partition coefficient (Wildman–Crippen LogP) is 5.38. The van der Waals surface area contributed by atoms with Crippen molar-refractivity contribution in [1.29, 1.82) is 0 Å². The molecule has 1 aliphatic heterocycles. The zero-order valence-corrected chi connectivity index (χ0v) is 23.9. The fraction of sp³-hybridized carbons (Fsp3) is 0.286. The van der Waals surface area contributed by atoms with E-state index in [0.29, 0.717) is 50.4 Å². The van der Waals surface area contributed by atoms with Gasteiger partial charge in [-0.25, -0.2) is 14.8 Å². The number of methoxy groups -OCH3 is 1. The highest BCUT2D eigenvalue weighted by Gasteiger charge is 2.23. The van der Waals surface area contributed by atoms with E-state index < -0.39 is 0 Å². The van der Waals surface area contributed by atoms with Crippen LogP contribution in [0.2, 0.25) is 0 Å². The number of likely N-dealkylation sites (tertiary alicyclic amines) is 1. The Balaban J connectivity index is 1.23. The first kappa shape index (κ1) is 27.6. The Morgan fingerprint density at radius 3 is 2.83 bits per heavy atom. The maximum Gasteiger partial charge on any atom is 0.321 e. The summed E-state index contributed by atoms with van der Waals surface area (Å²) in [7, 11) is 1.56. The van der Waals surface area contributed by atoms with Gasteiger partial charge in [-0.2, -0.15) is 0 Å². The van der Waals surface area contributed by atoms with Crippen LogP contribution < -0.4 is 26.4 Å². The smallest absolute Gasteiger partial charge is 0.321 e. The summed E-state index contributed by atoms with van der Waals surface area (Å²) >= 11 is 2.73. The zero-order valence-electron chi connectivity index (χ0n) is 22.3. The van der Waals surface area contributed by atoms with Crippen molar-refractivity contribution in [3.05, 3.63) is 59.5 Å². The molecule has 3 heterocycles. The maximum atomic E-state index is 12.7. The summed E-state index contributed by atoms with van der Waals surface area (Å²) in [6.07, 6.45) is 2.25. The Hall–Kier alpha value is -4.00. The van der Waals surface area contributed by atoms with Crippen molar-refractivity contribution in [3.63, 3.8) is 0 Å². The second kappa shape index (κ2) is 12.5. The van der Waals surface area contributed by atoms with Gasteiger partial charge in [0.15, 0.2) is 5.13 Å². The van der Waals surface area contributed by atoms with Crippen LogP contribution >= 0.6 is 22.7 Å². The van der Waals surface area contributed by atoms with Gasteiger partial charge in [-0.15, -0.1) is 11.3 Å². The summed E-state index contributed by atoms with van der Waals surface area (Å²) < 4.78 is 5.21. The van der Waals surface area contributed by atoms with Crippen LogP contribution in [0.4, 0.5) is 21.4 Å². The molecule has 12 heteroatoms. The number of thiazole rings is 2. The normalized spacial score (nSPS) is 15.1. The molecule has 2 aromatic carbocycles. The number of anilines is 3. The largest absolute Gasteiger partial charge is 0.497 e. The SMILES string of the molecule is CCN1CCCC1CNC(=O)Nc1nc(N)c(-c2nc(-c3cccc(NC(=O)c4cccc(OC)c4)c3)cs2)s1. The number of hydrogen-bond acceptors (Lipinski definition) is 9. The Morgan fingerprint density at radius 2 is 2.00 bits per heavy atom. The first-order valence-corrected chi connectivity index (χ1v) is 14.7. The van der Waals surface area contributed by atoms with Crippen molar-refractivity contribution in [2.24, 2.45) is 0 Å². The van der Waals surface area contributed by atoms with E-state index in [4.69, 9.17) is 15.5 Å². The number of nitrogens with zero attached hydrogens (tertiary/aromatic N) is 3. The number of nitrogen functional groups attached to an aromatic ring is 1. The number of likely N-dealkylation sites (N-methyl/N-ethyl adjacent to an activating group) is 1. The van der Waals surface area contributed by atoms with Crippen LogP contribution in [0.3, 0.4) is 0 Å². The molecular weight excluding hydrogens is 546 g/mol. The van der Waals surface area contributed by atoms with Gasteiger partial charge in [0.2, 0.25) is 0 Å².